The number of hydrogen-bond acceptors (Lipinski definition) is 7. The van der Waals surface area contributed by atoms with Gasteiger partial charge in [0.1, 0.15) is 17.3 Å². The number of hydrogen-bond donors (Lipinski definition) is 2. The summed E-state index contributed by atoms with van der Waals surface area (Å²) in [7, 11) is 1.62. The van der Waals surface area contributed by atoms with E-state index in [1.807, 2.05) is 55.5 Å². The number of aromatic nitrogens is 4. The van der Waals surface area contributed by atoms with E-state index in [4.69, 9.17) is 9.26 Å². The molecule has 0 unspecified atom stereocenters. The van der Waals surface area contributed by atoms with Crippen LogP contribution in [0.3, 0.4) is 0 Å². The molecule has 158 valence electrons. The number of carbonyl (C=O) groups is 1. The molecule has 0 saturated heterocycles. The van der Waals surface area contributed by atoms with Gasteiger partial charge >= 0.3 is 0 Å². The van der Waals surface area contributed by atoms with Crippen LogP contribution in [0.25, 0.3) is 11.4 Å². The predicted octanol–water partition coefficient (Wildman–Crippen LogP) is 4.00. The molecule has 4 aromatic rings. The van der Waals surface area contributed by atoms with Crippen LogP contribution in [-0.4, -0.2) is 33.4 Å². The number of nitrogens with one attached hydrogen (secondary N) is 2. The molecule has 0 saturated carbocycles. The number of thioether (sulfide) groups is 1. The Kier molecular flexibility index (Phi) is 6.32. The summed E-state index contributed by atoms with van der Waals surface area (Å²) in [6.45, 7) is 2.12. The Morgan fingerprint density at radius 1 is 1.19 bits per heavy atom. The zero-order valence-corrected chi connectivity index (χ0v) is 17.9. The fourth-order valence-electron chi connectivity index (χ4n) is 2.92. The lowest BCUT2D eigenvalue weighted by atomic mass is 10.2. The third-order valence-corrected chi connectivity index (χ3v) is 5.57. The van der Waals surface area contributed by atoms with E-state index in [9.17, 15) is 4.79 Å². The highest BCUT2D eigenvalue weighted by atomic mass is 32.2. The summed E-state index contributed by atoms with van der Waals surface area (Å²) in [5, 5.41) is 13.9. The minimum atomic E-state index is -0.181. The Morgan fingerprint density at radius 3 is 2.74 bits per heavy atom. The number of carbonyl (C=O) groups excluding carboxylic acids is 1. The van der Waals surface area contributed by atoms with Crippen LogP contribution in [0, 0.1) is 6.92 Å². The van der Waals surface area contributed by atoms with Gasteiger partial charge in [0.05, 0.1) is 30.7 Å². The van der Waals surface area contributed by atoms with Crippen LogP contribution in [0.2, 0.25) is 0 Å². The molecule has 0 atom stereocenters. The molecule has 4 rings (SSSR count). The molecule has 9 heteroatoms. The predicted molar refractivity (Wildman–Crippen MR) is 117 cm³/mol. The molecule has 2 N–H and O–H groups in total. The Labute approximate surface area is 183 Å². The van der Waals surface area contributed by atoms with Crippen LogP contribution < -0.4 is 10.1 Å². The number of H-pyrrole nitrogens is 1. The lowest BCUT2D eigenvalue weighted by Crippen LogP contribution is -2.24. The second-order valence-corrected chi connectivity index (χ2v) is 7.75. The summed E-state index contributed by atoms with van der Waals surface area (Å²) in [5.74, 6) is 3.08. The molecule has 0 aliphatic heterocycles. The number of aryl methyl sites for hydroxylation is 1. The fourth-order valence-corrected chi connectivity index (χ4v) is 3.84. The van der Waals surface area contributed by atoms with E-state index in [1.165, 1.54) is 11.8 Å². The standard InChI is InChI=1S/C22H21N5O3S/c1-14-11-17(30-27-14)13-31-19-6-4-3-5-18(19)22(28)23-12-20-24-21(26-25-20)15-7-9-16(29-2)10-8-15/h3-11H,12-13H2,1-2H3,(H,23,28)(H,24,25,26). The summed E-state index contributed by atoms with van der Waals surface area (Å²) < 4.78 is 10.4. The highest BCUT2D eigenvalue weighted by molar-refractivity contribution is 7.98. The molecule has 1 amide bonds. The smallest absolute Gasteiger partial charge is 0.252 e. The van der Waals surface area contributed by atoms with Crippen molar-refractivity contribution < 1.29 is 14.1 Å². The van der Waals surface area contributed by atoms with Crippen molar-refractivity contribution in [2.75, 3.05) is 7.11 Å². The number of amides is 1. The van der Waals surface area contributed by atoms with Crippen LogP contribution in [-0.2, 0) is 12.3 Å². The molecule has 2 heterocycles. The molecule has 0 spiro atoms. The van der Waals surface area contributed by atoms with E-state index < -0.39 is 0 Å². The largest absolute Gasteiger partial charge is 0.497 e. The van der Waals surface area contributed by atoms with Crippen LogP contribution >= 0.6 is 11.8 Å². The number of rotatable bonds is 8. The first-order valence-electron chi connectivity index (χ1n) is 9.60. The minimum Gasteiger partial charge on any atom is -0.497 e. The maximum absolute atomic E-state index is 12.8. The van der Waals surface area contributed by atoms with Gasteiger partial charge in [-0.3, -0.25) is 9.89 Å². The second-order valence-electron chi connectivity index (χ2n) is 6.74. The van der Waals surface area contributed by atoms with E-state index in [-0.39, 0.29) is 12.5 Å². The normalized spacial score (nSPS) is 10.8. The van der Waals surface area contributed by atoms with Crippen LogP contribution in [0.5, 0.6) is 5.75 Å². The van der Waals surface area contributed by atoms with Crippen LogP contribution in [0.4, 0.5) is 0 Å². The van der Waals surface area contributed by atoms with Crippen molar-refractivity contribution in [2.24, 2.45) is 0 Å². The quantitative estimate of drug-likeness (QED) is 0.403. The minimum absolute atomic E-state index is 0.181. The van der Waals surface area contributed by atoms with Crippen molar-refractivity contribution in [2.45, 2.75) is 24.1 Å². The summed E-state index contributed by atoms with van der Waals surface area (Å²) in [4.78, 5) is 18.1. The van der Waals surface area contributed by atoms with Crippen molar-refractivity contribution >= 4 is 17.7 Å². The van der Waals surface area contributed by atoms with Gasteiger partial charge < -0.3 is 14.6 Å². The highest BCUT2D eigenvalue weighted by Crippen LogP contribution is 2.26. The average Bonchev–Trinajstić information content (AvgIpc) is 3.45. The fraction of sp³-hybridized carbons (Fsp3) is 0.182. The van der Waals surface area contributed by atoms with Crippen molar-refractivity contribution in [3.8, 4) is 17.1 Å². The molecule has 0 aliphatic rings. The van der Waals surface area contributed by atoms with Gasteiger partial charge in [0.25, 0.3) is 5.91 Å². The van der Waals surface area contributed by atoms with Gasteiger partial charge in [0.15, 0.2) is 5.82 Å². The lowest BCUT2D eigenvalue weighted by molar-refractivity contribution is 0.0947. The van der Waals surface area contributed by atoms with Gasteiger partial charge in [-0.25, -0.2) is 4.98 Å². The zero-order valence-electron chi connectivity index (χ0n) is 17.1. The van der Waals surface area contributed by atoms with E-state index in [0.717, 1.165) is 27.7 Å². The second kappa shape index (κ2) is 9.48. The number of benzene rings is 2. The van der Waals surface area contributed by atoms with E-state index in [2.05, 4.69) is 25.7 Å². The van der Waals surface area contributed by atoms with Gasteiger partial charge in [0.2, 0.25) is 0 Å². The number of nitrogens with zero attached hydrogens (tertiary/aromatic N) is 3. The third-order valence-electron chi connectivity index (χ3n) is 4.47. The van der Waals surface area contributed by atoms with Gasteiger partial charge in [-0.15, -0.1) is 11.8 Å². The molecule has 2 aromatic carbocycles. The van der Waals surface area contributed by atoms with Gasteiger partial charge in [-0.1, -0.05) is 17.3 Å². The molecule has 0 fully saturated rings. The number of methoxy groups -OCH3 is 1. The molecular formula is C22H21N5O3S. The number of aromatic amines is 1. The molecular weight excluding hydrogens is 414 g/mol. The monoisotopic (exact) mass is 435 g/mol. The first-order valence-corrected chi connectivity index (χ1v) is 10.6. The van der Waals surface area contributed by atoms with Crippen molar-refractivity contribution in [1.82, 2.24) is 25.7 Å². The van der Waals surface area contributed by atoms with E-state index in [0.29, 0.717) is 23.0 Å². The molecule has 0 radical (unpaired) electrons. The maximum atomic E-state index is 12.8. The Balaban J connectivity index is 1.38. The molecule has 2 aromatic heterocycles. The van der Waals surface area contributed by atoms with Gasteiger partial charge in [0, 0.05) is 16.5 Å². The van der Waals surface area contributed by atoms with Crippen LogP contribution in [0.15, 0.2) is 64.0 Å². The van der Waals surface area contributed by atoms with E-state index >= 15 is 0 Å². The summed E-state index contributed by atoms with van der Waals surface area (Å²) in [5.41, 5.74) is 2.29. The van der Waals surface area contributed by atoms with Gasteiger partial charge in [-0.05, 0) is 43.3 Å². The summed E-state index contributed by atoms with van der Waals surface area (Å²) in [6.07, 6.45) is 0. The topological polar surface area (TPSA) is 106 Å². The van der Waals surface area contributed by atoms with Crippen molar-refractivity contribution in [3.05, 3.63) is 77.4 Å². The number of ether oxygens (including phenoxy) is 1. The zero-order chi connectivity index (χ0) is 21.6. The lowest BCUT2D eigenvalue weighted by Gasteiger charge is -2.08. The van der Waals surface area contributed by atoms with Crippen LogP contribution in [0.1, 0.15) is 27.6 Å². The molecule has 8 nitrogen and oxygen atoms in total. The first-order chi connectivity index (χ1) is 15.1. The molecule has 0 aliphatic carbocycles. The van der Waals surface area contributed by atoms with Crippen molar-refractivity contribution in [3.63, 3.8) is 0 Å². The Morgan fingerprint density at radius 2 is 2.00 bits per heavy atom. The Bertz CT molecular complexity index is 1170. The van der Waals surface area contributed by atoms with E-state index in [1.54, 1.807) is 13.2 Å². The average molecular weight is 436 g/mol. The molecule has 31 heavy (non-hydrogen) atoms. The Hall–Kier alpha value is -3.59. The molecule has 0 bridgehead atoms. The summed E-state index contributed by atoms with van der Waals surface area (Å²) >= 11 is 1.53. The van der Waals surface area contributed by atoms with Crippen molar-refractivity contribution in [1.29, 1.82) is 0 Å². The van der Waals surface area contributed by atoms with Gasteiger partial charge in [-0.2, -0.15) is 5.10 Å². The highest BCUT2D eigenvalue weighted by Gasteiger charge is 2.14. The summed E-state index contributed by atoms with van der Waals surface area (Å²) in [6, 6.07) is 16.8. The SMILES string of the molecule is COc1ccc(-c2n[nH]c(CNC(=O)c3ccccc3SCc3cc(C)no3)n2)cc1. The third kappa shape index (κ3) is 5.13. The first kappa shape index (κ1) is 20.7. The maximum Gasteiger partial charge on any atom is 0.252 e.